The number of aromatic nitrogens is 1. The highest BCUT2D eigenvalue weighted by molar-refractivity contribution is 9.10. The van der Waals surface area contributed by atoms with E-state index in [1.807, 2.05) is 32.9 Å². The van der Waals surface area contributed by atoms with Crippen LogP contribution in [0, 0.1) is 6.92 Å². The molecule has 0 saturated carbocycles. The van der Waals surface area contributed by atoms with Gasteiger partial charge in [-0.1, -0.05) is 26.0 Å². The van der Waals surface area contributed by atoms with Crippen molar-refractivity contribution in [1.29, 1.82) is 0 Å². The molecule has 18 heavy (non-hydrogen) atoms. The lowest BCUT2D eigenvalue weighted by atomic mass is 9.96. The monoisotopic (exact) mass is 307 g/mol. The molecule has 0 unspecified atom stereocenters. The van der Waals surface area contributed by atoms with Crippen LogP contribution >= 0.6 is 15.9 Å². The minimum atomic E-state index is -0.903. The highest BCUT2D eigenvalue weighted by Crippen LogP contribution is 2.30. The van der Waals surface area contributed by atoms with E-state index >= 15 is 0 Å². The van der Waals surface area contributed by atoms with Gasteiger partial charge in [0.05, 0.1) is 11.1 Å². The lowest BCUT2D eigenvalue weighted by Gasteiger charge is -2.14. The number of carbonyl (C=O) groups is 1. The van der Waals surface area contributed by atoms with Crippen LogP contribution in [0.15, 0.2) is 22.7 Å². The van der Waals surface area contributed by atoms with E-state index in [0.717, 1.165) is 15.7 Å². The average molecular weight is 308 g/mol. The lowest BCUT2D eigenvalue weighted by Crippen LogP contribution is -2.08. The number of para-hydroxylation sites is 1. The number of carboxylic acid groups (broad SMARTS) is 1. The molecule has 0 bridgehead atoms. The molecule has 0 radical (unpaired) electrons. The van der Waals surface area contributed by atoms with E-state index in [1.165, 1.54) is 0 Å². The second-order valence-electron chi connectivity index (χ2n) is 4.59. The van der Waals surface area contributed by atoms with Gasteiger partial charge >= 0.3 is 5.97 Å². The summed E-state index contributed by atoms with van der Waals surface area (Å²) in [6, 6.07) is 5.50. The predicted molar refractivity (Wildman–Crippen MR) is 75.2 cm³/mol. The third-order valence-corrected chi connectivity index (χ3v) is 3.65. The summed E-state index contributed by atoms with van der Waals surface area (Å²) in [5.74, 6) is -0.709. The Hall–Kier alpha value is -1.42. The van der Waals surface area contributed by atoms with E-state index in [2.05, 4.69) is 20.9 Å². The number of pyridine rings is 1. The first kappa shape index (κ1) is 13.0. The van der Waals surface area contributed by atoms with Gasteiger partial charge < -0.3 is 5.11 Å². The smallest absolute Gasteiger partial charge is 0.336 e. The van der Waals surface area contributed by atoms with Crippen LogP contribution in [0.1, 0.15) is 41.4 Å². The summed E-state index contributed by atoms with van der Waals surface area (Å²) >= 11 is 3.43. The molecule has 1 aromatic carbocycles. The molecule has 0 aliphatic carbocycles. The maximum atomic E-state index is 11.5. The summed E-state index contributed by atoms with van der Waals surface area (Å²) in [6.07, 6.45) is 0. The molecular weight excluding hydrogens is 294 g/mol. The zero-order valence-electron chi connectivity index (χ0n) is 10.5. The van der Waals surface area contributed by atoms with Crippen LogP contribution in [0.2, 0.25) is 0 Å². The number of nitrogens with zero attached hydrogens (tertiary/aromatic N) is 1. The van der Waals surface area contributed by atoms with E-state index in [1.54, 1.807) is 6.07 Å². The van der Waals surface area contributed by atoms with Crippen LogP contribution in [0.5, 0.6) is 0 Å². The molecule has 0 aliphatic heterocycles. The van der Waals surface area contributed by atoms with Crippen LogP contribution in [-0.2, 0) is 0 Å². The van der Waals surface area contributed by atoms with E-state index in [0.29, 0.717) is 16.5 Å². The summed E-state index contributed by atoms with van der Waals surface area (Å²) < 4.78 is 0.824. The van der Waals surface area contributed by atoms with Crippen molar-refractivity contribution < 1.29 is 9.90 Å². The molecular formula is C14H14BrNO2. The van der Waals surface area contributed by atoms with Crippen molar-refractivity contribution in [1.82, 2.24) is 4.98 Å². The van der Waals surface area contributed by atoms with Crippen molar-refractivity contribution in [2.24, 2.45) is 0 Å². The number of carboxylic acids is 1. The van der Waals surface area contributed by atoms with Gasteiger partial charge in [-0.15, -0.1) is 0 Å². The average Bonchev–Trinajstić information content (AvgIpc) is 2.27. The summed E-state index contributed by atoms with van der Waals surface area (Å²) in [5, 5.41) is 10.1. The van der Waals surface area contributed by atoms with Crippen molar-refractivity contribution in [2.45, 2.75) is 26.7 Å². The molecule has 0 spiro atoms. The predicted octanol–water partition coefficient (Wildman–Crippen LogP) is 4.13. The number of fused-ring (bicyclic) bond motifs is 1. The molecule has 1 heterocycles. The Bertz CT molecular complexity index is 635. The summed E-state index contributed by atoms with van der Waals surface area (Å²) in [7, 11) is 0. The van der Waals surface area contributed by atoms with Crippen molar-refractivity contribution in [2.75, 3.05) is 0 Å². The zero-order valence-corrected chi connectivity index (χ0v) is 12.1. The second-order valence-corrected chi connectivity index (χ2v) is 5.45. The Kier molecular flexibility index (Phi) is 3.39. The molecule has 1 aromatic heterocycles. The number of rotatable bonds is 2. The highest BCUT2D eigenvalue weighted by Gasteiger charge is 2.19. The van der Waals surface area contributed by atoms with E-state index in [4.69, 9.17) is 0 Å². The largest absolute Gasteiger partial charge is 0.478 e. The quantitative estimate of drug-likeness (QED) is 0.907. The van der Waals surface area contributed by atoms with Crippen molar-refractivity contribution >= 4 is 32.8 Å². The van der Waals surface area contributed by atoms with Gasteiger partial charge in [-0.3, -0.25) is 4.98 Å². The van der Waals surface area contributed by atoms with Gasteiger partial charge in [0.2, 0.25) is 0 Å². The molecule has 3 nitrogen and oxygen atoms in total. The minimum absolute atomic E-state index is 0.194. The van der Waals surface area contributed by atoms with Crippen LogP contribution in [-0.4, -0.2) is 16.1 Å². The molecule has 94 valence electrons. The van der Waals surface area contributed by atoms with Gasteiger partial charge in [0.15, 0.2) is 0 Å². The molecule has 0 saturated heterocycles. The van der Waals surface area contributed by atoms with Crippen LogP contribution in [0.4, 0.5) is 0 Å². The minimum Gasteiger partial charge on any atom is -0.478 e. The van der Waals surface area contributed by atoms with Gasteiger partial charge in [-0.05, 0) is 40.4 Å². The van der Waals surface area contributed by atoms with Gasteiger partial charge in [-0.25, -0.2) is 4.79 Å². The normalized spacial score (nSPS) is 11.2. The SMILES string of the molecule is Cc1c(C(C)C)nc2c(Br)cccc2c1C(=O)O. The first-order valence-electron chi connectivity index (χ1n) is 5.75. The Morgan fingerprint density at radius 2 is 2.06 bits per heavy atom. The van der Waals surface area contributed by atoms with Crippen molar-refractivity contribution in [3.63, 3.8) is 0 Å². The van der Waals surface area contributed by atoms with E-state index in [9.17, 15) is 9.90 Å². The number of hydrogen-bond donors (Lipinski definition) is 1. The van der Waals surface area contributed by atoms with Gasteiger partial charge in [-0.2, -0.15) is 0 Å². The summed E-state index contributed by atoms with van der Waals surface area (Å²) in [5.41, 5.74) is 2.66. The molecule has 1 N–H and O–H groups in total. The standard InChI is InChI=1S/C14H14BrNO2/c1-7(2)12-8(3)11(14(17)18)9-5-4-6-10(15)13(9)16-12/h4-7H,1-3H3,(H,17,18). The van der Waals surface area contributed by atoms with E-state index in [-0.39, 0.29) is 5.92 Å². The Morgan fingerprint density at radius 3 is 2.61 bits per heavy atom. The molecule has 0 amide bonds. The highest BCUT2D eigenvalue weighted by atomic mass is 79.9. The molecule has 4 heteroatoms. The fraction of sp³-hybridized carbons (Fsp3) is 0.286. The first-order valence-corrected chi connectivity index (χ1v) is 6.54. The maximum Gasteiger partial charge on any atom is 0.336 e. The number of hydrogen-bond acceptors (Lipinski definition) is 2. The third-order valence-electron chi connectivity index (χ3n) is 3.01. The van der Waals surface area contributed by atoms with Crippen molar-refractivity contribution in [3.8, 4) is 0 Å². The summed E-state index contributed by atoms with van der Waals surface area (Å²) in [6.45, 7) is 5.86. The van der Waals surface area contributed by atoms with Crippen LogP contribution < -0.4 is 0 Å². The molecule has 0 fully saturated rings. The van der Waals surface area contributed by atoms with Gasteiger partial charge in [0.25, 0.3) is 0 Å². The summed E-state index contributed by atoms with van der Waals surface area (Å²) in [4.78, 5) is 16.1. The number of aromatic carboxylic acids is 1. The Labute approximate surface area is 114 Å². The fourth-order valence-corrected chi connectivity index (χ4v) is 2.66. The topological polar surface area (TPSA) is 50.2 Å². The van der Waals surface area contributed by atoms with Gasteiger partial charge in [0.1, 0.15) is 0 Å². The zero-order chi connectivity index (χ0) is 13.4. The Balaban J connectivity index is 2.97. The van der Waals surface area contributed by atoms with Gasteiger partial charge in [0, 0.05) is 15.6 Å². The van der Waals surface area contributed by atoms with Crippen molar-refractivity contribution in [3.05, 3.63) is 39.5 Å². The van der Waals surface area contributed by atoms with E-state index < -0.39 is 5.97 Å². The molecule has 2 rings (SSSR count). The second kappa shape index (κ2) is 4.69. The molecule has 0 atom stereocenters. The van der Waals surface area contributed by atoms with Crippen LogP contribution in [0.3, 0.4) is 0 Å². The fourth-order valence-electron chi connectivity index (χ4n) is 2.20. The molecule has 2 aromatic rings. The van der Waals surface area contributed by atoms with Crippen LogP contribution in [0.25, 0.3) is 10.9 Å². The number of benzene rings is 1. The first-order chi connectivity index (χ1) is 8.43. The Morgan fingerprint density at radius 1 is 1.39 bits per heavy atom. The molecule has 0 aliphatic rings. The third kappa shape index (κ3) is 2.01. The lowest BCUT2D eigenvalue weighted by molar-refractivity contribution is 0.0698. The maximum absolute atomic E-state index is 11.5. The number of halogens is 1.